The molecule has 1 rings (SSSR count). The Morgan fingerprint density at radius 2 is 1.83 bits per heavy atom. The second-order valence-electron chi connectivity index (χ2n) is 3.16. The van der Waals surface area contributed by atoms with Gasteiger partial charge in [-0.15, -0.1) is 0 Å². The number of hydrogen-bond donors (Lipinski definition) is 2. The van der Waals surface area contributed by atoms with E-state index in [0.717, 1.165) is 16.7 Å². The Bertz CT molecular complexity index is 267. The lowest BCUT2D eigenvalue weighted by Crippen LogP contribution is -1.93. The van der Waals surface area contributed by atoms with Crippen molar-refractivity contribution in [3.05, 3.63) is 28.8 Å². The summed E-state index contributed by atoms with van der Waals surface area (Å²) in [7, 11) is 0. The highest BCUT2D eigenvalue weighted by molar-refractivity contribution is 5.41. The highest BCUT2D eigenvalue weighted by atomic mass is 16.3. The van der Waals surface area contributed by atoms with Gasteiger partial charge in [-0.2, -0.15) is 0 Å². The Hall–Kier alpha value is -1.02. The number of aliphatic hydroxyl groups excluding tert-OH is 1. The van der Waals surface area contributed by atoms with Crippen molar-refractivity contribution >= 4 is 0 Å². The molecule has 0 fully saturated rings. The van der Waals surface area contributed by atoms with Crippen molar-refractivity contribution in [1.82, 2.24) is 0 Å². The summed E-state index contributed by atoms with van der Waals surface area (Å²) in [6.45, 7) is 5.46. The van der Waals surface area contributed by atoms with E-state index in [1.165, 1.54) is 0 Å². The van der Waals surface area contributed by atoms with Crippen molar-refractivity contribution in [2.75, 3.05) is 0 Å². The molecule has 0 saturated carbocycles. The van der Waals surface area contributed by atoms with Crippen LogP contribution in [0, 0.1) is 13.8 Å². The van der Waals surface area contributed by atoms with Crippen molar-refractivity contribution in [3.63, 3.8) is 0 Å². The second-order valence-corrected chi connectivity index (χ2v) is 3.16. The van der Waals surface area contributed by atoms with Crippen molar-refractivity contribution in [2.24, 2.45) is 0 Å². The lowest BCUT2D eigenvalue weighted by molar-refractivity contribution is 0.198. The van der Waals surface area contributed by atoms with E-state index in [1.54, 1.807) is 13.0 Å². The van der Waals surface area contributed by atoms with E-state index in [2.05, 4.69) is 0 Å². The molecule has 1 aromatic rings. The van der Waals surface area contributed by atoms with Gasteiger partial charge in [0.05, 0.1) is 6.10 Å². The smallest absolute Gasteiger partial charge is 0.119 e. The molecule has 2 nitrogen and oxygen atoms in total. The number of phenols is 1. The van der Waals surface area contributed by atoms with Gasteiger partial charge in [-0.1, -0.05) is 6.07 Å². The highest BCUT2D eigenvalue weighted by Crippen LogP contribution is 2.25. The fraction of sp³-hybridized carbons (Fsp3) is 0.400. The first-order valence-electron chi connectivity index (χ1n) is 4.00. The van der Waals surface area contributed by atoms with E-state index >= 15 is 0 Å². The van der Waals surface area contributed by atoms with Crippen LogP contribution in [0.15, 0.2) is 12.1 Å². The first-order valence-corrected chi connectivity index (χ1v) is 4.00. The average Bonchev–Trinajstić information content (AvgIpc) is 1.99. The molecule has 0 radical (unpaired) electrons. The van der Waals surface area contributed by atoms with Crippen molar-refractivity contribution in [1.29, 1.82) is 0 Å². The molecule has 1 atom stereocenters. The summed E-state index contributed by atoms with van der Waals surface area (Å²) in [5.41, 5.74) is 2.64. The molecule has 2 heteroatoms. The minimum atomic E-state index is -0.518. The van der Waals surface area contributed by atoms with E-state index < -0.39 is 6.10 Å². The number of benzene rings is 1. The first kappa shape index (κ1) is 9.07. The van der Waals surface area contributed by atoms with Gasteiger partial charge in [0.1, 0.15) is 5.75 Å². The summed E-state index contributed by atoms with van der Waals surface area (Å²) < 4.78 is 0. The predicted molar refractivity (Wildman–Crippen MR) is 48.2 cm³/mol. The highest BCUT2D eigenvalue weighted by Gasteiger charge is 2.06. The van der Waals surface area contributed by atoms with Gasteiger partial charge in [0.25, 0.3) is 0 Å². The zero-order chi connectivity index (χ0) is 9.30. The standard InChI is InChI=1S/C10H14O2/c1-6-4-9(8(3)11)5-10(12)7(6)2/h4-5,8,11-12H,1-3H3. The van der Waals surface area contributed by atoms with Crippen molar-refractivity contribution in [3.8, 4) is 5.75 Å². The number of rotatable bonds is 1. The van der Waals surface area contributed by atoms with E-state index in [-0.39, 0.29) is 5.75 Å². The normalized spacial score (nSPS) is 13.0. The zero-order valence-corrected chi connectivity index (χ0v) is 7.63. The zero-order valence-electron chi connectivity index (χ0n) is 7.63. The van der Waals surface area contributed by atoms with Gasteiger partial charge in [0.2, 0.25) is 0 Å². The third-order valence-electron chi connectivity index (χ3n) is 2.14. The molecule has 0 bridgehead atoms. The molecule has 1 aromatic carbocycles. The molecule has 0 amide bonds. The molecule has 66 valence electrons. The van der Waals surface area contributed by atoms with Crippen LogP contribution < -0.4 is 0 Å². The van der Waals surface area contributed by atoms with Crippen LogP contribution in [0.1, 0.15) is 29.7 Å². The summed E-state index contributed by atoms with van der Waals surface area (Å²) in [5, 5.41) is 18.7. The van der Waals surface area contributed by atoms with Crippen LogP contribution in [-0.2, 0) is 0 Å². The van der Waals surface area contributed by atoms with Gasteiger partial charge >= 0.3 is 0 Å². The van der Waals surface area contributed by atoms with E-state index in [4.69, 9.17) is 0 Å². The first-order chi connectivity index (χ1) is 5.52. The molecule has 0 saturated heterocycles. The van der Waals surface area contributed by atoms with Crippen molar-refractivity contribution in [2.45, 2.75) is 26.9 Å². The van der Waals surface area contributed by atoms with Gasteiger partial charge in [0.15, 0.2) is 0 Å². The molecule has 0 aliphatic rings. The molecule has 0 heterocycles. The predicted octanol–water partition coefficient (Wildman–Crippen LogP) is 2.06. The molecule has 0 aliphatic carbocycles. The van der Waals surface area contributed by atoms with Crippen LogP contribution in [-0.4, -0.2) is 10.2 Å². The Kier molecular flexibility index (Phi) is 2.38. The summed E-state index contributed by atoms with van der Waals surface area (Å²) in [6.07, 6.45) is -0.518. The maximum absolute atomic E-state index is 9.42. The Balaban J connectivity index is 3.21. The number of aliphatic hydroxyl groups is 1. The third kappa shape index (κ3) is 1.59. The number of hydrogen-bond acceptors (Lipinski definition) is 2. The molecule has 0 spiro atoms. The van der Waals surface area contributed by atoms with Crippen LogP contribution in [0.2, 0.25) is 0 Å². The second kappa shape index (κ2) is 3.15. The van der Waals surface area contributed by atoms with Gasteiger partial charge in [-0.05, 0) is 43.5 Å². The van der Waals surface area contributed by atoms with Gasteiger partial charge in [-0.3, -0.25) is 0 Å². The fourth-order valence-electron chi connectivity index (χ4n) is 1.11. The minimum Gasteiger partial charge on any atom is -0.508 e. The van der Waals surface area contributed by atoms with Gasteiger partial charge in [0, 0.05) is 0 Å². The SMILES string of the molecule is Cc1cc(C(C)O)cc(O)c1C. The van der Waals surface area contributed by atoms with Crippen LogP contribution in [0.25, 0.3) is 0 Å². The number of aromatic hydroxyl groups is 1. The lowest BCUT2D eigenvalue weighted by Gasteiger charge is -2.09. The number of phenolic OH excluding ortho intramolecular Hbond substituents is 1. The summed E-state index contributed by atoms with van der Waals surface area (Å²) >= 11 is 0. The van der Waals surface area contributed by atoms with Crippen LogP contribution >= 0.6 is 0 Å². The van der Waals surface area contributed by atoms with Crippen LogP contribution in [0.3, 0.4) is 0 Å². The molecular formula is C10H14O2. The Labute approximate surface area is 72.5 Å². The monoisotopic (exact) mass is 166 g/mol. The van der Waals surface area contributed by atoms with E-state index in [0.29, 0.717) is 0 Å². The summed E-state index contributed by atoms with van der Waals surface area (Å²) in [6, 6.07) is 3.49. The number of aryl methyl sites for hydroxylation is 1. The molecule has 12 heavy (non-hydrogen) atoms. The molecule has 2 N–H and O–H groups in total. The average molecular weight is 166 g/mol. The molecule has 1 unspecified atom stereocenters. The third-order valence-corrected chi connectivity index (χ3v) is 2.14. The Morgan fingerprint density at radius 3 is 2.25 bits per heavy atom. The van der Waals surface area contributed by atoms with Crippen LogP contribution in [0.5, 0.6) is 5.75 Å². The van der Waals surface area contributed by atoms with Crippen molar-refractivity contribution < 1.29 is 10.2 Å². The maximum atomic E-state index is 9.42. The maximum Gasteiger partial charge on any atom is 0.119 e. The fourth-order valence-corrected chi connectivity index (χ4v) is 1.11. The molecular weight excluding hydrogens is 152 g/mol. The largest absolute Gasteiger partial charge is 0.508 e. The summed E-state index contributed by atoms with van der Waals surface area (Å²) in [5.74, 6) is 0.255. The summed E-state index contributed by atoms with van der Waals surface area (Å²) in [4.78, 5) is 0. The van der Waals surface area contributed by atoms with E-state index in [9.17, 15) is 10.2 Å². The van der Waals surface area contributed by atoms with Gasteiger partial charge < -0.3 is 10.2 Å². The van der Waals surface area contributed by atoms with E-state index in [1.807, 2.05) is 19.9 Å². The minimum absolute atomic E-state index is 0.255. The Morgan fingerprint density at radius 1 is 1.25 bits per heavy atom. The molecule has 0 aromatic heterocycles. The quantitative estimate of drug-likeness (QED) is 0.670. The van der Waals surface area contributed by atoms with Gasteiger partial charge in [-0.25, -0.2) is 0 Å². The molecule has 0 aliphatic heterocycles. The van der Waals surface area contributed by atoms with Crippen LogP contribution in [0.4, 0.5) is 0 Å². The lowest BCUT2D eigenvalue weighted by atomic mass is 10.0. The topological polar surface area (TPSA) is 40.5 Å².